The minimum atomic E-state index is 0.301. The van der Waals surface area contributed by atoms with Crippen LogP contribution in [0.4, 0.5) is 0 Å². The Bertz CT molecular complexity index is 555. The molecule has 0 saturated heterocycles. The SMILES string of the molecule is CCCc1ccc(Oc2cccnc2C#N)cc1. The first-order valence-electron chi connectivity index (χ1n) is 5.95. The topological polar surface area (TPSA) is 45.9 Å². The molecule has 0 aliphatic carbocycles. The fourth-order valence-corrected chi connectivity index (χ4v) is 1.70. The molecule has 0 aliphatic heterocycles. The van der Waals surface area contributed by atoms with E-state index < -0.39 is 0 Å². The molecule has 2 rings (SSSR count). The van der Waals surface area contributed by atoms with E-state index in [4.69, 9.17) is 10.00 Å². The molecule has 0 fully saturated rings. The molecular weight excluding hydrogens is 224 g/mol. The van der Waals surface area contributed by atoms with Gasteiger partial charge in [0.25, 0.3) is 0 Å². The lowest BCUT2D eigenvalue weighted by atomic mass is 10.1. The summed E-state index contributed by atoms with van der Waals surface area (Å²) in [4.78, 5) is 3.95. The largest absolute Gasteiger partial charge is 0.454 e. The summed E-state index contributed by atoms with van der Waals surface area (Å²) in [6.45, 7) is 2.15. The van der Waals surface area contributed by atoms with Gasteiger partial charge in [-0.25, -0.2) is 4.98 Å². The lowest BCUT2D eigenvalue weighted by Crippen LogP contribution is -1.91. The Kier molecular flexibility index (Phi) is 3.93. The molecule has 0 atom stereocenters. The van der Waals surface area contributed by atoms with Crippen LogP contribution >= 0.6 is 0 Å². The van der Waals surface area contributed by atoms with E-state index in [0.717, 1.165) is 18.6 Å². The van der Waals surface area contributed by atoms with Crippen LogP contribution in [0.5, 0.6) is 11.5 Å². The maximum atomic E-state index is 8.92. The van der Waals surface area contributed by atoms with Gasteiger partial charge < -0.3 is 4.74 Å². The predicted octanol–water partition coefficient (Wildman–Crippen LogP) is 3.70. The maximum absolute atomic E-state index is 8.92. The van der Waals surface area contributed by atoms with Gasteiger partial charge in [0.05, 0.1) is 0 Å². The molecule has 0 unspecified atom stereocenters. The second-order valence-corrected chi connectivity index (χ2v) is 3.96. The number of nitrogens with zero attached hydrogens (tertiary/aromatic N) is 2. The van der Waals surface area contributed by atoms with Crippen LogP contribution in [-0.2, 0) is 6.42 Å². The highest BCUT2D eigenvalue weighted by Crippen LogP contribution is 2.23. The number of rotatable bonds is 4. The maximum Gasteiger partial charge on any atom is 0.183 e. The number of aromatic nitrogens is 1. The summed E-state index contributed by atoms with van der Waals surface area (Å²) >= 11 is 0. The smallest absolute Gasteiger partial charge is 0.183 e. The number of hydrogen-bond acceptors (Lipinski definition) is 3. The van der Waals surface area contributed by atoms with E-state index in [-0.39, 0.29) is 0 Å². The summed E-state index contributed by atoms with van der Waals surface area (Å²) in [5.41, 5.74) is 1.59. The summed E-state index contributed by atoms with van der Waals surface area (Å²) < 4.78 is 5.65. The first-order chi connectivity index (χ1) is 8.83. The number of ether oxygens (including phenoxy) is 1. The highest BCUT2D eigenvalue weighted by molar-refractivity contribution is 5.40. The van der Waals surface area contributed by atoms with Crippen molar-refractivity contribution in [2.45, 2.75) is 19.8 Å². The highest BCUT2D eigenvalue weighted by Gasteiger charge is 2.04. The Morgan fingerprint density at radius 1 is 1.22 bits per heavy atom. The van der Waals surface area contributed by atoms with E-state index >= 15 is 0 Å². The second-order valence-electron chi connectivity index (χ2n) is 3.96. The Hall–Kier alpha value is -2.34. The number of hydrogen-bond donors (Lipinski definition) is 0. The molecule has 0 spiro atoms. The Morgan fingerprint density at radius 3 is 2.67 bits per heavy atom. The van der Waals surface area contributed by atoms with E-state index in [1.54, 1.807) is 18.3 Å². The van der Waals surface area contributed by atoms with Gasteiger partial charge in [-0.15, -0.1) is 0 Å². The molecule has 0 bridgehead atoms. The fourth-order valence-electron chi connectivity index (χ4n) is 1.70. The lowest BCUT2D eigenvalue weighted by molar-refractivity contribution is 0.478. The van der Waals surface area contributed by atoms with Crippen LogP contribution in [0.3, 0.4) is 0 Å². The number of aryl methyl sites for hydroxylation is 1. The normalized spacial score (nSPS) is 9.78. The summed E-state index contributed by atoms with van der Waals surface area (Å²) in [5, 5.41) is 8.92. The first-order valence-corrected chi connectivity index (χ1v) is 5.95. The van der Waals surface area contributed by atoms with Crippen molar-refractivity contribution in [2.24, 2.45) is 0 Å². The summed E-state index contributed by atoms with van der Waals surface area (Å²) in [7, 11) is 0. The van der Waals surface area contributed by atoms with Crippen LogP contribution in [0.25, 0.3) is 0 Å². The molecule has 1 aromatic heterocycles. The average Bonchev–Trinajstić information content (AvgIpc) is 2.42. The zero-order valence-corrected chi connectivity index (χ0v) is 10.3. The van der Waals surface area contributed by atoms with Crippen molar-refractivity contribution in [3.05, 3.63) is 53.9 Å². The van der Waals surface area contributed by atoms with Gasteiger partial charge in [0.1, 0.15) is 11.8 Å². The van der Waals surface area contributed by atoms with Gasteiger partial charge in [0.2, 0.25) is 0 Å². The van der Waals surface area contributed by atoms with Crippen LogP contribution in [0.15, 0.2) is 42.6 Å². The van der Waals surface area contributed by atoms with E-state index in [1.165, 1.54) is 5.56 Å². The first kappa shape index (κ1) is 12.1. The standard InChI is InChI=1S/C15H14N2O/c1-2-4-12-6-8-13(9-7-12)18-15-5-3-10-17-14(15)11-16/h3,5-10H,2,4H2,1H3. The third-order valence-electron chi connectivity index (χ3n) is 2.57. The summed E-state index contributed by atoms with van der Waals surface area (Å²) in [6, 6.07) is 13.4. The van der Waals surface area contributed by atoms with Crippen LogP contribution in [0.1, 0.15) is 24.6 Å². The molecule has 0 saturated carbocycles. The zero-order valence-electron chi connectivity index (χ0n) is 10.3. The van der Waals surface area contributed by atoms with Gasteiger partial charge in [-0.2, -0.15) is 5.26 Å². The summed E-state index contributed by atoms with van der Waals surface area (Å²) in [6.07, 6.45) is 3.77. The quantitative estimate of drug-likeness (QED) is 0.815. The molecule has 90 valence electrons. The van der Waals surface area contributed by atoms with Crippen LogP contribution in [0, 0.1) is 11.3 Å². The van der Waals surface area contributed by atoms with Gasteiger partial charge in [-0.1, -0.05) is 25.5 Å². The molecule has 18 heavy (non-hydrogen) atoms. The van der Waals surface area contributed by atoms with Crippen molar-refractivity contribution >= 4 is 0 Å². The number of benzene rings is 1. The van der Waals surface area contributed by atoms with E-state index in [1.807, 2.05) is 30.3 Å². The van der Waals surface area contributed by atoms with Crippen molar-refractivity contribution in [1.82, 2.24) is 4.98 Å². The summed E-state index contributed by atoms with van der Waals surface area (Å²) in [5.74, 6) is 1.21. The Morgan fingerprint density at radius 2 is 2.00 bits per heavy atom. The zero-order chi connectivity index (χ0) is 12.8. The Labute approximate surface area is 107 Å². The third kappa shape index (κ3) is 2.86. The molecule has 0 radical (unpaired) electrons. The van der Waals surface area contributed by atoms with E-state index in [2.05, 4.69) is 11.9 Å². The second kappa shape index (κ2) is 5.83. The third-order valence-corrected chi connectivity index (χ3v) is 2.57. The van der Waals surface area contributed by atoms with Crippen LogP contribution < -0.4 is 4.74 Å². The Balaban J connectivity index is 2.16. The predicted molar refractivity (Wildman–Crippen MR) is 69.5 cm³/mol. The molecule has 3 nitrogen and oxygen atoms in total. The molecular formula is C15H14N2O. The number of pyridine rings is 1. The van der Waals surface area contributed by atoms with Gasteiger partial charge in [0.15, 0.2) is 11.4 Å². The molecule has 3 heteroatoms. The fraction of sp³-hybridized carbons (Fsp3) is 0.200. The van der Waals surface area contributed by atoms with Gasteiger partial charge >= 0.3 is 0 Å². The minimum absolute atomic E-state index is 0.301. The molecule has 0 amide bonds. The van der Waals surface area contributed by atoms with Gasteiger partial charge in [-0.05, 0) is 36.2 Å². The van der Waals surface area contributed by atoms with Gasteiger partial charge in [-0.3, -0.25) is 0 Å². The lowest BCUT2D eigenvalue weighted by Gasteiger charge is -2.07. The van der Waals surface area contributed by atoms with Crippen molar-refractivity contribution < 1.29 is 4.74 Å². The van der Waals surface area contributed by atoms with Crippen molar-refractivity contribution in [3.63, 3.8) is 0 Å². The van der Waals surface area contributed by atoms with Crippen LogP contribution in [-0.4, -0.2) is 4.98 Å². The minimum Gasteiger partial charge on any atom is -0.454 e. The van der Waals surface area contributed by atoms with Gasteiger partial charge in [0, 0.05) is 6.20 Å². The molecule has 1 heterocycles. The van der Waals surface area contributed by atoms with E-state index in [9.17, 15) is 0 Å². The van der Waals surface area contributed by atoms with Crippen LogP contribution in [0.2, 0.25) is 0 Å². The van der Waals surface area contributed by atoms with E-state index in [0.29, 0.717) is 11.4 Å². The molecule has 2 aromatic rings. The number of nitriles is 1. The van der Waals surface area contributed by atoms with Crippen molar-refractivity contribution in [2.75, 3.05) is 0 Å². The molecule has 0 N–H and O–H groups in total. The average molecular weight is 238 g/mol. The molecule has 0 aliphatic rings. The van der Waals surface area contributed by atoms with Crippen molar-refractivity contribution in [1.29, 1.82) is 5.26 Å². The monoisotopic (exact) mass is 238 g/mol. The van der Waals surface area contributed by atoms with Crippen molar-refractivity contribution in [3.8, 4) is 17.6 Å². The highest BCUT2D eigenvalue weighted by atomic mass is 16.5. The molecule has 1 aromatic carbocycles.